The molecule has 0 bridgehead atoms. The van der Waals surface area contributed by atoms with Crippen molar-refractivity contribution in [3.8, 4) is 0 Å². The molecule has 0 unspecified atom stereocenters. The molecule has 0 spiro atoms. The van der Waals surface area contributed by atoms with Crippen LogP contribution >= 0.6 is 0 Å². The molecular weight excluding hydrogens is 225 g/mol. The van der Waals surface area contributed by atoms with Crippen LogP contribution in [0, 0.1) is 0 Å². The molecule has 1 aromatic rings. The molecule has 1 aromatic carbocycles. The molecule has 0 heterocycles. The number of halogens is 3. The highest BCUT2D eigenvalue weighted by Crippen LogP contribution is 2.29. The molecule has 0 N–H and O–H groups in total. The summed E-state index contributed by atoms with van der Waals surface area (Å²) >= 11 is 0. The second-order valence-electron chi connectivity index (χ2n) is 2.92. The molecule has 3 nitrogen and oxygen atoms in total. The highest BCUT2D eigenvalue weighted by atomic mass is 19.4. The van der Waals surface area contributed by atoms with Gasteiger partial charge in [-0.2, -0.15) is 13.2 Å². The molecule has 1 rings (SSSR count). The van der Waals surface area contributed by atoms with Gasteiger partial charge in [0.05, 0.1) is 12.2 Å². The third-order valence-electron chi connectivity index (χ3n) is 1.77. The second-order valence-corrected chi connectivity index (χ2v) is 2.92. The van der Waals surface area contributed by atoms with Crippen LogP contribution in [0.25, 0.3) is 0 Å². The van der Waals surface area contributed by atoms with Gasteiger partial charge >= 0.3 is 6.18 Å². The minimum atomic E-state index is -4.33. The lowest BCUT2D eigenvalue weighted by atomic mass is 10.1. The molecule has 0 saturated carbocycles. The number of rotatable bonds is 5. The number of carbonyl (C=O) groups is 1. The van der Waals surface area contributed by atoms with E-state index in [-0.39, 0.29) is 19.9 Å². The zero-order valence-corrected chi connectivity index (χ0v) is 8.16. The Morgan fingerprint density at radius 2 is 1.81 bits per heavy atom. The molecular formula is C10H9F3O3. The molecule has 0 aliphatic heterocycles. The van der Waals surface area contributed by atoms with Crippen molar-refractivity contribution in [3.63, 3.8) is 0 Å². The van der Waals surface area contributed by atoms with E-state index in [1.165, 1.54) is 12.1 Å². The van der Waals surface area contributed by atoms with Gasteiger partial charge in [-0.25, -0.2) is 0 Å². The van der Waals surface area contributed by atoms with Gasteiger partial charge in [-0.05, 0) is 17.7 Å². The monoisotopic (exact) mass is 234 g/mol. The first-order chi connectivity index (χ1) is 7.54. The van der Waals surface area contributed by atoms with Crippen molar-refractivity contribution in [1.82, 2.24) is 0 Å². The maximum Gasteiger partial charge on any atom is 0.416 e. The highest BCUT2D eigenvalue weighted by molar-refractivity contribution is 5.36. The molecule has 0 aliphatic carbocycles. The van der Waals surface area contributed by atoms with Crippen molar-refractivity contribution in [2.24, 2.45) is 0 Å². The summed E-state index contributed by atoms with van der Waals surface area (Å²) in [5.41, 5.74) is -0.136. The molecule has 0 saturated heterocycles. The first-order valence-corrected chi connectivity index (χ1v) is 4.33. The Morgan fingerprint density at radius 3 is 2.31 bits per heavy atom. The van der Waals surface area contributed by atoms with Gasteiger partial charge in [0.2, 0.25) is 0 Å². The summed E-state index contributed by atoms with van der Waals surface area (Å²) in [6.07, 6.45) is -4.33. The Kier molecular flexibility index (Phi) is 4.30. The SMILES string of the molecule is O=COCOCc1ccc(C(F)(F)F)cc1. The molecule has 0 atom stereocenters. The maximum absolute atomic E-state index is 12.2. The van der Waals surface area contributed by atoms with Crippen molar-refractivity contribution < 1.29 is 27.4 Å². The highest BCUT2D eigenvalue weighted by Gasteiger charge is 2.29. The van der Waals surface area contributed by atoms with Crippen LogP contribution < -0.4 is 0 Å². The van der Waals surface area contributed by atoms with Crippen LogP contribution in [-0.2, 0) is 27.1 Å². The lowest BCUT2D eigenvalue weighted by Crippen LogP contribution is -2.05. The van der Waals surface area contributed by atoms with Crippen molar-refractivity contribution in [1.29, 1.82) is 0 Å². The number of hydrogen-bond acceptors (Lipinski definition) is 3. The molecule has 0 fully saturated rings. The Labute approximate surface area is 89.8 Å². The Balaban J connectivity index is 2.48. The number of benzene rings is 1. The summed E-state index contributed by atoms with van der Waals surface area (Å²) in [5, 5.41) is 0. The standard InChI is InChI=1S/C10H9F3O3/c11-10(12,13)9-3-1-8(2-4-9)5-15-7-16-6-14/h1-4,6H,5,7H2. The van der Waals surface area contributed by atoms with E-state index in [0.717, 1.165) is 12.1 Å². The van der Waals surface area contributed by atoms with Gasteiger partial charge in [0, 0.05) is 0 Å². The first kappa shape index (κ1) is 12.5. The average Bonchev–Trinajstić information content (AvgIpc) is 2.24. The largest absolute Gasteiger partial charge is 0.441 e. The summed E-state index contributed by atoms with van der Waals surface area (Å²) in [6, 6.07) is 4.56. The van der Waals surface area contributed by atoms with Crippen molar-refractivity contribution in [2.45, 2.75) is 12.8 Å². The topological polar surface area (TPSA) is 35.5 Å². The van der Waals surface area contributed by atoms with Crippen LogP contribution in [0.1, 0.15) is 11.1 Å². The summed E-state index contributed by atoms with van der Waals surface area (Å²) in [4.78, 5) is 9.74. The molecule has 88 valence electrons. The molecule has 6 heteroatoms. The van der Waals surface area contributed by atoms with Crippen LogP contribution in [0.2, 0.25) is 0 Å². The predicted molar refractivity (Wildman–Crippen MR) is 48.2 cm³/mol. The minimum Gasteiger partial charge on any atom is -0.441 e. The summed E-state index contributed by atoms with van der Waals surface area (Å²) in [6.45, 7) is 0.100. The summed E-state index contributed by atoms with van der Waals surface area (Å²) < 4.78 is 45.6. The van der Waals surface area contributed by atoms with Gasteiger partial charge in [-0.1, -0.05) is 12.1 Å². The zero-order valence-electron chi connectivity index (χ0n) is 8.16. The summed E-state index contributed by atoms with van der Waals surface area (Å²) in [7, 11) is 0. The van der Waals surface area contributed by atoms with E-state index in [1.807, 2.05) is 0 Å². The van der Waals surface area contributed by atoms with E-state index in [2.05, 4.69) is 4.74 Å². The number of alkyl halides is 3. The van der Waals surface area contributed by atoms with Crippen molar-refractivity contribution in [2.75, 3.05) is 6.79 Å². The van der Waals surface area contributed by atoms with E-state index < -0.39 is 11.7 Å². The van der Waals surface area contributed by atoms with Crippen LogP contribution in [-0.4, -0.2) is 13.3 Å². The van der Waals surface area contributed by atoms with E-state index >= 15 is 0 Å². The van der Waals surface area contributed by atoms with E-state index in [0.29, 0.717) is 5.56 Å². The number of ether oxygens (including phenoxy) is 2. The Hall–Kier alpha value is -1.56. The smallest absolute Gasteiger partial charge is 0.416 e. The third kappa shape index (κ3) is 3.90. The fourth-order valence-electron chi connectivity index (χ4n) is 1.03. The zero-order chi connectivity index (χ0) is 12.0. The van der Waals surface area contributed by atoms with Crippen LogP contribution in [0.4, 0.5) is 13.2 Å². The van der Waals surface area contributed by atoms with Gasteiger partial charge < -0.3 is 9.47 Å². The molecule has 0 aliphatic rings. The van der Waals surface area contributed by atoms with Crippen LogP contribution in [0.15, 0.2) is 24.3 Å². The van der Waals surface area contributed by atoms with Gasteiger partial charge in [-0.15, -0.1) is 0 Å². The Morgan fingerprint density at radius 1 is 1.19 bits per heavy atom. The lowest BCUT2D eigenvalue weighted by molar-refractivity contribution is -0.142. The summed E-state index contributed by atoms with van der Waals surface area (Å²) in [5.74, 6) is 0. The molecule has 0 amide bonds. The van der Waals surface area contributed by atoms with E-state index in [4.69, 9.17) is 4.74 Å². The third-order valence-corrected chi connectivity index (χ3v) is 1.77. The van der Waals surface area contributed by atoms with Crippen molar-refractivity contribution >= 4 is 6.47 Å². The first-order valence-electron chi connectivity index (χ1n) is 4.33. The fraction of sp³-hybridized carbons (Fsp3) is 0.300. The van der Waals surface area contributed by atoms with E-state index in [1.54, 1.807) is 0 Å². The molecule has 0 aromatic heterocycles. The quantitative estimate of drug-likeness (QED) is 0.445. The number of hydrogen-bond donors (Lipinski definition) is 0. The second kappa shape index (κ2) is 5.50. The molecule has 0 radical (unpaired) electrons. The predicted octanol–water partition coefficient (Wildman–Crippen LogP) is 2.35. The van der Waals surface area contributed by atoms with Gasteiger partial charge in [-0.3, -0.25) is 4.79 Å². The average molecular weight is 234 g/mol. The van der Waals surface area contributed by atoms with Gasteiger partial charge in [0.25, 0.3) is 6.47 Å². The minimum absolute atomic E-state index is 0.0893. The number of carbonyl (C=O) groups excluding carboxylic acids is 1. The van der Waals surface area contributed by atoms with Crippen molar-refractivity contribution in [3.05, 3.63) is 35.4 Å². The van der Waals surface area contributed by atoms with Gasteiger partial charge in [0.15, 0.2) is 6.79 Å². The maximum atomic E-state index is 12.2. The Bertz CT molecular complexity index is 332. The van der Waals surface area contributed by atoms with Gasteiger partial charge in [0.1, 0.15) is 0 Å². The molecule has 16 heavy (non-hydrogen) atoms. The lowest BCUT2D eigenvalue weighted by Gasteiger charge is -2.07. The normalized spacial score (nSPS) is 11.2. The van der Waals surface area contributed by atoms with Crippen LogP contribution in [0.5, 0.6) is 0 Å². The fourth-order valence-corrected chi connectivity index (χ4v) is 1.03. The van der Waals surface area contributed by atoms with Crippen LogP contribution in [0.3, 0.4) is 0 Å². The van der Waals surface area contributed by atoms with E-state index in [9.17, 15) is 18.0 Å².